The van der Waals surface area contributed by atoms with Gasteiger partial charge in [-0.15, -0.1) is 0 Å². The van der Waals surface area contributed by atoms with Crippen LogP contribution in [0, 0.1) is 11.8 Å². The number of aromatic nitrogens is 1. The van der Waals surface area contributed by atoms with E-state index in [2.05, 4.69) is 0 Å². The van der Waals surface area contributed by atoms with Gasteiger partial charge >= 0.3 is 4.87 Å². The number of nitrogens with zero attached hydrogens (tertiary/aromatic N) is 1. The average Bonchev–Trinajstić information content (AvgIpc) is 3.03. The number of ketones is 1. The second-order valence-electron chi connectivity index (χ2n) is 7.76. The molecule has 0 bridgehead atoms. The summed E-state index contributed by atoms with van der Waals surface area (Å²) in [5, 5.41) is 0. The molecule has 2 aliphatic carbocycles. The molecule has 4 rings (SSSR count). The lowest BCUT2D eigenvalue weighted by molar-refractivity contribution is 0.0804. The van der Waals surface area contributed by atoms with Crippen LogP contribution < -0.4 is 4.87 Å². The zero-order chi connectivity index (χ0) is 18.1. The standard InChI is InChI=1S/C21H25NO3S/c23-19(14-7-3-1-4-8-14)16-11-12-17-18(13-16)26-21(25)22(17)20(24)15-9-5-2-6-10-15/h11-15H,1-10H2. The molecular weight excluding hydrogens is 346 g/mol. The van der Waals surface area contributed by atoms with Crippen LogP contribution in [0.1, 0.15) is 79.4 Å². The van der Waals surface area contributed by atoms with Crippen molar-refractivity contribution in [3.63, 3.8) is 0 Å². The van der Waals surface area contributed by atoms with Crippen LogP contribution >= 0.6 is 11.3 Å². The van der Waals surface area contributed by atoms with Gasteiger partial charge in [-0.3, -0.25) is 14.4 Å². The Morgan fingerprint density at radius 2 is 1.50 bits per heavy atom. The predicted molar refractivity (Wildman–Crippen MR) is 104 cm³/mol. The van der Waals surface area contributed by atoms with Crippen LogP contribution in [0.2, 0.25) is 0 Å². The number of Topliss-reactive ketones (excluding diaryl/α,β-unsaturated/α-hetero) is 1. The number of benzene rings is 1. The van der Waals surface area contributed by atoms with Gasteiger partial charge in [-0.2, -0.15) is 0 Å². The molecule has 0 amide bonds. The van der Waals surface area contributed by atoms with E-state index in [9.17, 15) is 14.4 Å². The summed E-state index contributed by atoms with van der Waals surface area (Å²) >= 11 is 1.08. The van der Waals surface area contributed by atoms with E-state index in [1.807, 2.05) is 6.07 Å². The van der Waals surface area contributed by atoms with Crippen LogP contribution in [0.5, 0.6) is 0 Å². The van der Waals surface area contributed by atoms with Crippen LogP contribution in [0.15, 0.2) is 23.0 Å². The fourth-order valence-corrected chi connectivity index (χ4v) is 5.43. The zero-order valence-electron chi connectivity index (χ0n) is 15.0. The number of carbonyl (C=O) groups is 2. The lowest BCUT2D eigenvalue weighted by Gasteiger charge is -2.21. The Bertz CT molecular complexity index is 882. The van der Waals surface area contributed by atoms with E-state index >= 15 is 0 Å². The fourth-order valence-electron chi connectivity index (χ4n) is 4.51. The molecule has 2 aliphatic rings. The molecule has 1 heterocycles. The fraction of sp³-hybridized carbons (Fsp3) is 0.571. The third kappa shape index (κ3) is 3.29. The van der Waals surface area contributed by atoms with Crippen molar-refractivity contribution in [2.75, 3.05) is 0 Å². The summed E-state index contributed by atoms with van der Waals surface area (Å²) < 4.78 is 2.10. The SMILES string of the molecule is O=C(c1ccc2c(c1)sc(=O)n2C(=O)C1CCCCC1)C1CCCCC1. The second kappa shape index (κ2) is 7.47. The number of fused-ring (bicyclic) bond motifs is 1. The zero-order valence-corrected chi connectivity index (χ0v) is 15.9. The Morgan fingerprint density at radius 3 is 2.15 bits per heavy atom. The maximum Gasteiger partial charge on any atom is 0.314 e. The summed E-state index contributed by atoms with van der Waals surface area (Å²) in [6.07, 6.45) is 10.5. The van der Waals surface area contributed by atoms with Crippen LogP contribution in [0.4, 0.5) is 0 Å². The van der Waals surface area contributed by atoms with Gasteiger partial charge in [0.2, 0.25) is 5.91 Å². The quantitative estimate of drug-likeness (QED) is 0.710. The van der Waals surface area contributed by atoms with Crippen molar-refractivity contribution in [3.05, 3.63) is 33.4 Å². The lowest BCUT2D eigenvalue weighted by Crippen LogP contribution is -2.29. The van der Waals surface area contributed by atoms with Crippen molar-refractivity contribution in [1.29, 1.82) is 0 Å². The van der Waals surface area contributed by atoms with Gasteiger partial charge in [0.15, 0.2) is 5.78 Å². The summed E-state index contributed by atoms with van der Waals surface area (Å²) in [5.41, 5.74) is 1.35. The lowest BCUT2D eigenvalue weighted by atomic mass is 9.84. The average molecular weight is 372 g/mol. The highest BCUT2D eigenvalue weighted by Crippen LogP contribution is 2.30. The molecule has 2 fully saturated rings. The van der Waals surface area contributed by atoms with Gasteiger partial charge in [0, 0.05) is 17.4 Å². The highest BCUT2D eigenvalue weighted by Gasteiger charge is 2.27. The molecule has 0 spiro atoms. The summed E-state index contributed by atoms with van der Waals surface area (Å²) in [4.78, 5) is 37.9. The predicted octanol–water partition coefficient (Wildman–Crippen LogP) is 5.05. The number of thiazole rings is 1. The first-order valence-corrected chi connectivity index (χ1v) is 10.7. The molecule has 0 radical (unpaired) electrons. The molecule has 2 saturated carbocycles. The molecule has 0 unspecified atom stereocenters. The van der Waals surface area contributed by atoms with Crippen molar-refractivity contribution >= 4 is 33.2 Å². The van der Waals surface area contributed by atoms with Crippen molar-refractivity contribution in [3.8, 4) is 0 Å². The largest absolute Gasteiger partial charge is 0.314 e. The minimum absolute atomic E-state index is 0.0391. The summed E-state index contributed by atoms with van der Waals surface area (Å²) in [5.74, 6) is 0.205. The highest BCUT2D eigenvalue weighted by molar-refractivity contribution is 7.16. The Balaban J connectivity index is 1.64. The first kappa shape index (κ1) is 17.7. The number of carbonyl (C=O) groups excluding carboxylic acids is 2. The first-order chi connectivity index (χ1) is 12.6. The molecule has 138 valence electrons. The smallest absolute Gasteiger partial charge is 0.294 e. The van der Waals surface area contributed by atoms with E-state index in [0.717, 1.165) is 67.4 Å². The van der Waals surface area contributed by atoms with Crippen molar-refractivity contribution in [2.45, 2.75) is 64.2 Å². The number of hydrogen-bond donors (Lipinski definition) is 0. The van der Waals surface area contributed by atoms with Gasteiger partial charge in [0.25, 0.3) is 0 Å². The normalized spacial score (nSPS) is 19.7. The van der Waals surface area contributed by atoms with Gasteiger partial charge < -0.3 is 0 Å². The molecule has 1 aromatic heterocycles. The van der Waals surface area contributed by atoms with Crippen LogP contribution in [0.25, 0.3) is 10.2 Å². The Morgan fingerprint density at radius 1 is 0.885 bits per heavy atom. The van der Waals surface area contributed by atoms with Crippen LogP contribution in [0.3, 0.4) is 0 Å². The Kier molecular flexibility index (Phi) is 5.07. The third-order valence-electron chi connectivity index (χ3n) is 6.02. The highest BCUT2D eigenvalue weighted by atomic mass is 32.1. The van der Waals surface area contributed by atoms with Gasteiger partial charge in [-0.25, -0.2) is 4.57 Å². The molecule has 0 atom stereocenters. The van der Waals surface area contributed by atoms with Gasteiger partial charge in [-0.1, -0.05) is 49.9 Å². The monoisotopic (exact) mass is 371 g/mol. The van der Waals surface area contributed by atoms with E-state index in [4.69, 9.17) is 0 Å². The van der Waals surface area contributed by atoms with E-state index in [1.165, 1.54) is 17.4 Å². The molecular formula is C21H25NO3S. The van der Waals surface area contributed by atoms with E-state index in [1.54, 1.807) is 12.1 Å². The maximum atomic E-state index is 12.9. The Labute approximate surface area is 157 Å². The van der Waals surface area contributed by atoms with Crippen molar-refractivity contribution in [2.24, 2.45) is 11.8 Å². The topological polar surface area (TPSA) is 56.1 Å². The molecule has 4 nitrogen and oxygen atoms in total. The van der Waals surface area contributed by atoms with Crippen molar-refractivity contribution in [1.82, 2.24) is 4.57 Å². The summed E-state index contributed by atoms with van der Waals surface area (Å²) in [7, 11) is 0. The van der Waals surface area contributed by atoms with E-state index in [-0.39, 0.29) is 28.4 Å². The van der Waals surface area contributed by atoms with Crippen LogP contribution in [-0.4, -0.2) is 16.3 Å². The molecule has 1 aromatic carbocycles. The maximum absolute atomic E-state index is 12.9. The van der Waals surface area contributed by atoms with E-state index < -0.39 is 0 Å². The van der Waals surface area contributed by atoms with E-state index in [0.29, 0.717) is 11.1 Å². The van der Waals surface area contributed by atoms with Gasteiger partial charge in [0.1, 0.15) is 0 Å². The molecule has 0 N–H and O–H groups in total. The molecule has 26 heavy (non-hydrogen) atoms. The molecule has 2 aromatic rings. The number of hydrogen-bond acceptors (Lipinski definition) is 4. The molecule has 0 aliphatic heterocycles. The third-order valence-corrected chi connectivity index (χ3v) is 6.92. The summed E-state index contributed by atoms with van der Waals surface area (Å²) in [6.45, 7) is 0. The minimum atomic E-state index is -0.224. The van der Waals surface area contributed by atoms with Gasteiger partial charge in [-0.05, 0) is 43.9 Å². The molecule has 5 heteroatoms. The Hall–Kier alpha value is -1.75. The van der Waals surface area contributed by atoms with Gasteiger partial charge in [0.05, 0.1) is 10.2 Å². The summed E-state index contributed by atoms with van der Waals surface area (Å²) in [6, 6.07) is 5.42. The minimum Gasteiger partial charge on any atom is -0.294 e. The van der Waals surface area contributed by atoms with Crippen LogP contribution in [-0.2, 0) is 0 Å². The van der Waals surface area contributed by atoms with Crippen molar-refractivity contribution < 1.29 is 9.59 Å². The second-order valence-corrected chi connectivity index (χ2v) is 8.75. The first-order valence-electron chi connectivity index (χ1n) is 9.89. The molecule has 0 saturated heterocycles. The number of rotatable bonds is 3.